The van der Waals surface area contributed by atoms with Gasteiger partial charge >= 0.3 is 0 Å². The number of aromatic nitrogens is 1. The number of rotatable bonds is 6. The zero-order valence-corrected chi connectivity index (χ0v) is 14.8. The third kappa shape index (κ3) is 5.01. The Kier molecular flexibility index (Phi) is 6.02. The molecule has 0 saturated heterocycles. The van der Waals surface area contributed by atoms with Gasteiger partial charge in [-0.15, -0.1) is 0 Å². The van der Waals surface area contributed by atoms with Crippen molar-refractivity contribution in [3.8, 4) is 0 Å². The minimum Gasteiger partial charge on any atom is -0.381 e. The monoisotopic (exact) mass is 345 g/mol. The molecule has 2 fully saturated rings. The van der Waals surface area contributed by atoms with Gasteiger partial charge in [0.1, 0.15) is 5.82 Å². The van der Waals surface area contributed by atoms with E-state index in [1.54, 1.807) is 25.4 Å². The summed E-state index contributed by atoms with van der Waals surface area (Å²) in [7, 11) is 1.75. The van der Waals surface area contributed by atoms with Crippen molar-refractivity contribution in [3.05, 3.63) is 18.3 Å². The summed E-state index contributed by atoms with van der Waals surface area (Å²) in [6, 6.07) is 3.51. The van der Waals surface area contributed by atoms with Crippen molar-refractivity contribution in [2.75, 3.05) is 17.7 Å². The quantitative estimate of drug-likeness (QED) is 0.828. The second-order valence-corrected chi connectivity index (χ2v) is 7.18. The van der Waals surface area contributed by atoms with Crippen molar-refractivity contribution in [2.45, 2.75) is 57.5 Å². The van der Waals surface area contributed by atoms with Gasteiger partial charge in [-0.2, -0.15) is 0 Å². The average molecular weight is 345 g/mol. The predicted octanol–water partition coefficient (Wildman–Crippen LogP) is 3.35. The Labute approximate surface area is 148 Å². The maximum Gasteiger partial charge on any atom is 0.227 e. The largest absolute Gasteiger partial charge is 0.381 e. The summed E-state index contributed by atoms with van der Waals surface area (Å²) in [4.78, 5) is 28.3. The number of hydrogen-bond donors (Lipinski definition) is 2. The fourth-order valence-corrected chi connectivity index (χ4v) is 3.48. The van der Waals surface area contributed by atoms with Crippen LogP contribution in [0.2, 0.25) is 0 Å². The fourth-order valence-electron chi connectivity index (χ4n) is 3.48. The van der Waals surface area contributed by atoms with Crippen molar-refractivity contribution in [3.63, 3.8) is 0 Å². The van der Waals surface area contributed by atoms with E-state index >= 15 is 0 Å². The molecule has 1 heterocycles. The maximum absolute atomic E-state index is 12.2. The first-order chi connectivity index (χ1) is 12.1. The number of methoxy groups -OCH3 is 1. The van der Waals surface area contributed by atoms with Crippen LogP contribution in [0.3, 0.4) is 0 Å². The summed E-state index contributed by atoms with van der Waals surface area (Å²) in [6.07, 6.45) is 9.67. The number of amides is 2. The lowest BCUT2D eigenvalue weighted by Gasteiger charge is -2.27. The highest BCUT2D eigenvalue weighted by atomic mass is 16.5. The number of nitrogens with one attached hydrogen (secondary N) is 2. The van der Waals surface area contributed by atoms with Crippen LogP contribution in [0.4, 0.5) is 11.5 Å². The summed E-state index contributed by atoms with van der Waals surface area (Å²) in [5.41, 5.74) is 0.674. The minimum absolute atomic E-state index is 0.000351. The molecule has 3 rings (SSSR count). The van der Waals surface area contributed by atoms with E-state index in [-0.39, 0.29) is 17.7 Å². The summed E-state index contributed by atoms with van der Waals surface area (Å²) in [6.45, 7) is 0. The number of pyridine rings is 1. The zero-order valence-electron chi connectivity index (χ0n) is 14.8. The molecule has 6 nitrogen and oxygen atoms in total. The molecule has 0 bridgehead atoms. The summed E-state index contributed by atoms with van der Waals surface area (Å²) >= 11 is 0. The third-order valence-electron chi connectivity index (χ3n) is 5.38. The Balaban J connectivity index is 1.43. The summed E-state index contributed by atoms with van der Waals surface area (Å²) < 4.78 is 5.36. The molecule has 2 N–H and O–H groups in total. The van der Waals surface area contributed by atoms with E-state index in [0.29, 0.717) is 29.9 Å². The van der Waals surface area contributed by atoms with E-state index < -0.39 is 0 Å². The number of carbonyl (C=O) groups excluding carboxylic acids is 2. The second kappa shape index (κ2) is 8.43. The molecule has 1 aromatic heterocycles. The van der Waals surface area contributed by atoms with Gasteiger partial charge in [0.25, 0.3) is 0 Å². The highest BCUT2D eigenvalue weighted by molar-refractivity contribution is 5.93. The van der Waals surface area contributed by atoms with Crippen LogP contribution in [0, 0.1) is 11.8 Å². The van der Waals surface area contributed by atoms with Crippen LogP contribution in [-0.2, 0) is 14.3 Å². The first kappa shape index (κ1) is 17.9. The van der Waals surface area contributed by atoms with Gasteiger partial charge in [0.15, 0.2) is 0 Å². The number of hydrogen-bond acceptors (Lipinski definition) is 4. The van der Waals surface area contributed by atoms with Crippen molar-refractivity contribution in [1.82, 2.24) is 4.98 Å². The van der Waals surface area contributed by atoms with E-state index in [9.17, 15) is 9.59 Å². The van der Waals surface area contributed by atoms with Gasteiger partial charge in [0.05, 0.1) is 18.0 Å². The van der Waals surface area contributed by atoms with Gasteiger partial charge < -0.3 is 15.4 Å². The lowest BCUT2D eigenvalue weighted by atomic mass is 9.85. The Hall–Kier alpha value is -1.95. The molecule has 0 aliphatic heterocycles. The van der Waals surface area contributed by atoms with E-state index in [4.69, 9.17) is 4.74 Å². The number of nitrogens with zero attached hydrogens (tertiary/aromatic N) is 1. The van der Waals surface area contributed by atoms with Crippen LogP contribution in [0.5, 0.6) is 0 Å². The molecule has 0 radical (unpaired) electrons. The van der Waals surface area contributed by atoms with Gasteiger partial charge in [0.2, 0.25) is 11.8 Å². The average Bonchev–Trinajstić information content (AvgIpc) is 2.55. The molecular formula is C19H27N3O3. The van der Waals surface area contributed by atoms with Crippen LogP contribution in [-0.4, -0.2) is 30.0 Å². The highest BCUT2D eigenvalue weighted by Crippen LogP contribution is 2.29. The molecule has 0 spiro atoms. The molecule has 2 aliphatic carbocycles. The third-order valence-corrected chi connectivity index (χ3v) is 5.38. The van der Waals surface area contributed by atoms with Crippen LogP contribution in [0.25, 0.3) is 0 Å². The maximum atomic E-state index is 12.2. The van der Waals surface area contributed by atoms with Crippen LogP contribution in [0.1, 0.15) is 51.4 Å². The first-order valence-corrected chi connectivity index (χ1v) is 9.23. The van der Waals surface area contributed by atoms with E-state index in [0.717, 1.165) is 44.9 Å². The SMILES string of the molecule is COC1CCC(CC(=O)Nc2ccc(NC(=O)C3CCC3)cn2)CC1. The topological polar surface area (TPSA) is 80.3 Å². The Morgan fingerprint density at radius 2 is 1.88 bits per heavy atom. The van der Waals surface area contributed by atoms with E-state index in [2.05, 4.69) is 15.6 Å². The van der Waals surface area contributed by atoms with Gasteiger partial charge in [-0.25, -0.2) is 4.98 Å². The molecule has 2 saturated carbocycles. The first-order valence-electron chi connectivity index (χ1n) is 9.23. The van der Waals surface area contributed by atoms with Gasteiger partial charge in [-0.05, 0) is 56.6 Å². The molecule has 6 heteroatoms. The Morgan fingerprint density at radius 1 is 1.12 bits per heavy atom. The molecule has 2 amide bonds. The Bertz CT molecular complexity index is 590. The normalized spacial score (nSPS) is 23.6. The number of anilines is 2. The highest BCUT2D eigenvalue weighted by Gasteiger charge is 2.25. The zero-order chi connectivity index (χ0) is 17.6. The molecule has 136 valence electrons. The van der Waals surface area contributed by atoms with Crippen LogP contribution in [0.15, 0.2) is 18.3 Å². The standard InChI is InChI=1S/C19H27N3O3/c1-25-16-8-5-13(6-9-16)11-18(23)22-17-10-7-15(12-20-17)21-19(24)14-3-2-4-14/h7,10,12-14,16H,2-6,8-9,11H2,1H3,(H,21,24)(H,20,22,23). The van der Waals surface area contributed by atoms with Gasteiger partial charge in [-0.1, -0.05) is 6.42 Å². The summed E-state index contributed by atoms with van der Waals surface area (Å²) in [5.74, 6) is 1.16. The smallest absolute Gasteiger partial charge is 0.227 e. The minimum atomic E-state index is -0.000351. The van der Waals surface area contributed by atoms with Crippen LogP contribution >= 0.6 is 0 Å². The summed E-state index contributed by atoms with van der Waals surface area (Å²) in [5, 5.41) is 5.72. The van der Waals surface area contributed by atoms with Gasteiger partial charge in [0, 0.05) is 19.4 Å². The van der Waals surface area contributed by atoms with Crippen molar-refractivity contribution < 1.29 is 14.3 Å². The van der Waals surface area contributed by atoms with Gasteiger partial charge in [-0.3, -0.25) is 9.59 Å². The van der Waals surface area contributed by atoms with Crippen LogP contribution < -0.4 is 10.6 Å². The lowest BCUT2D eigenvalue weighted by Crippen LogP contribution is -2.28. The molecule has 0 atom stereocenters. The number of carbonyl (C=O) groups is 2. The molecular weight excluding hydrogens is 318 g/mol. The van der Waals surface area contributed by atoms with Crippen molar-refractivity contribution in [2.24, 2.45) is 11.8 Å². The van der Waals surface area contributed by atoms with E-state index in [1.807, 2.05) is 0 Å². The molecule has 2 aliphatic rings. The van der Waals surface area contributed by atoms with Crippen molar-refractivity contribution in [1.29, 1.82) is 0 Å². The molecule has 25 heavy (non-hydrogen) atoms. The molecule has 1 aromatic rings. The number of ether oxygens (including phenoxy) is 1. The van der Waals surface area contributed by atoms with Crippen molar-refractivity contribution >= 4 is 23.3 Å². The lowest BCUT2D eigenvalue weighted by molar-refractivity contribution is -0.122. The fraction of sp³-hybridized carbons (Fsp3) is 0.632. The second-order valence-electron chi connectivity index (χ2n) is 7.18. The molecule has 0 aromatic carbocycles. The molecule has 0 unspecified atom stereocenters. The van der Waals surface area contributed by atoms with E-state index in [1.165, 1.54) is 0 Å². The predicted molar refractivity (Wildman–Crippen MR) is 96.2 cm³/mol. The Morgan fingerprint density at radius 3 is 2.44 bits per heavy atom.